The van der Waals surface area contributed by atoms with E-state index in [1.54, 1.807) is 12.1 Å². The summed E-state index contributed by atoms with van der Waals surface area (Å²) in [5.41, 5.74) is 5.16. The van der Waals surface area contributed by atoms with Crippen LogP contribution in [0.15, 0.2) is 24.3 Å². The van der Waals surface area contributed by atoms with Gasteiger partial charge in [0, 0.05) is 17.5 Å². The summed E-state index contributed by atoms with van der Waals surface area (Å²) < 4.78 is 27.2. The van der Waals surface area contributed by atoms with Crippen LogP contribution in [0.25, 0.3) is 0 Å². The van der Waals surface area contributed by atoms with Crippen LogP contribution < -0.4 is 5.73 Å². The molecule has 1 aliphatic rings. The van der Waals surface area contributed by atoms with Gasteiger partial charge in [-0.1, -0.05) is 18.2 Å². The van der Waals surface area contributed by atoms with Crippen LogP contribution >= 0.6 is 0 Å². The highest BCUT2D eigenvalue weighted by Gasteiger charge is 2.50. The Kier molecular flexibility index (Phi) is 2.27. The molecule has 0 aliphatic heterocycles. The molecule has 76 valence electrons. The van der Waals surface area contributed by atoms with E-state index in [0.29, 0.717) is 6.54 Å². The molecule has 1 unspecified atom stereocenters. The van der Waals surface area contributed by atoms with Gasteiger partial charge in [-0.25, -0.2) is 8.78 Å². The normalized spacial score (nSPS) is 20.5. The van der Waals surface area contributed by atoms with Gasteiger partial charge in [0.05, 0.1) is 0 Å². The van der Waals surface area contributed by atoms with Crippen molar-refractivity contribution in [3.63, 3.8) is 0 Å². The van der Waals surface area contributed by atoms with Crippen molar-refractivity contribution in [3.8, 4) is 0 Å². The van der Waals surface area contributed by atoms with Crippen molar-refractivity contribution < 1.29 is 8.78 Å². The van der Waals surface area contributed by atoms with E-state index in [0.717, 1.165) is 12.8 Å². The predicted molar refractivity (Wildman–Crippen MR) is 51.0 cm³/mol. The fourth-order valence-corrected chi connectivity index (χ4v) is 1.73. The lowest BCUT2D eigenvalue weighted by Crippen LogP contribution is -2.21. The SMILES string of the molecule is NCC1(C(F)c2ccccc2F)CC1. The Labute approximate surface area is 81.9 Å². The number of halogens is 2. The van der Waals surface area contributed by atoms with Gasteiger partial charge in [0.1, 0.15) is 12.0 Å². The zero-order valence-corrected chi connectivity index (χ0v) is 7.84. The molecule has 2 N–H and O–H groups in total. The van der Waals surface area contributed by atoms with Crippen LogP contribution in [0.5, 0.6) is 0 Å². The number of hydrogen-bond donors (Lipinski definition) is 1. The molecule has 0 amide bonds. The summed E-state index contributed by atoms with van der Waals surface area (Å²) in [6.07, 6.45) is 0.270. The molecule has 2 rings (SSSR count). The zero-order chi connectivity index (χ0) is 10.2. The summed E-state index contributed by atoms with van der Waals surface area (Å²) in [5, 5.41) is 0. The highest BCUT2D eigenvalue weighted by molar-refractivity contribution is 5.24. The second kappa shape index (κ2) is 3.31. The van der Waals surface area contributed by atoms with Crippen molar-refractivity contribution >= 4 is 0 Å². The quantitative estimate of drug-likeness (QED) is 0.791. The van der Waals surface area contributed by atoms with E-state index < -0.39 is 17.4 Å². The summed E-state index contributed by atoms with van der Waals surface area (Å²) in [6.45, 7) is 0.294. The lowest BCUT2D eigenvalue weighted by atomic mass is 9.94. The first-order chi connectivity index (χ1) is 6.69. The molecule has 1 aliphatic carbocycles. The molecule has 0 saturated heterocycles. The Morgan fingerprint density at radius 3 is 2.50 bits per heavy atom. The third-order valence-electron chi connectivity index (χ3n) is 3.01. The average Bonchev–Trinajstić information content (AvgIpc) is 2.98. The number of rotatable bonds is 3. The summed E-state index contributed by atoms with van der Waals surface area (Å²) in [6, 6.07) is 6.00. The van der Waals surface area contributed by atoms with Crippen LogP contribution in [0.3, 0.4) is 0 Å². The van der Waals surface area contributed by atoms with Gasteiger partial charge in [-0.05, 0) is 18.9 Å². The standard InChI is InChI=1S/C11H13F2N/c12-9-4-2-1-3-8(9)10(13)11(7-14)5-6-11/h1-4,10H,5-7,14H2. The van der Waals surface area contributed by atoms with E-state index in [4.69, 9.17) is 5.73 Å². The Morgan fingerprint density at radius 2 is 2.00 bits per heavy atom. The molecular formula is C11H13F2N. The zero-order valence-electron chi connectivity index (χ0n) is 7.84. The molecule has 0 heterocycles. The second-order valence-corrected chi connectivity index (χ2v) is 3.95. The first-order valence-corrected chi connectivity index (χ1v) is 4.78. The predicted octanol–water partition coefficient (Wildman–Crippen LogP) is 2.58. The van der Waals surface area contributed by atoms with Gasteiger partial charge < -0.3 is 5.73 Å². The van der Waals surface area contributed by atoms with Crippen LogP contribution in [-0.2, 0) is 0 Å². The smallest absolute Gasteiger partial charge is 0.135 e. The number of nitrogens with two attached hydrogens (primary N) is 1. The Morgan fingerprint density at radius 1 is 1.36 bits per heavy atom. The van der Waals surface area contributed by atoms with Gasteiger partial charge in [0.2, 0.25) is 0 Å². The molecule has 1 atom stereocenters. The molecule has 1 saturated carbocycles. The maximum absolute atomic E-state index is 13.9. The van der Waals surface area contributed by atoms with Crippen LogP contribution in [-0.4, -0.2) is 6.54 Å². The van der Waals surface area contributed by atoms with Crippen molar-refractivity contribution in [3.05, 3.63) is 35.6 Å². The molecule has 0 spiro atoms. The highest BCUT2D eigenvalue weighted by atomic mass is 19.1. The molecule has 0 aromatic heterocycles. The average molecular weight is 197 g/mol. The van der Waals surface area contributed by atoms with Gasteiger partial charge in [0.25, 0.3) is 0 Å². The van der Waals surface area contributed by atoms with Crippen molar-refractivity contribution in [2.24, 2.45) is 11.1 Å². The molecule has 1 fully saturated rings. The molecule has 3 heteroatoms. The largest absolute Gasteiger partial charge is 0.330 e. The molecule has 1 nitrogen and oxygen atoms in total. The fourth-order valence-electron chi connectivity index (χ4n) is 1.73. The summed E-state index contributed by atoms with van der Waals surface area (Å²) in [7, 11) is 0. The first kappa shape index (κ1) is 9.59. The van der Waals surface area contributed by atoms with Crippen molar-refractivity contribution in [1.82, 2.24) is 0 Å². The molecule has 0 radical (unpaired) electrons. The molecule has 0 bridgehead atoms. The minimum absolute atomic E-state index is 0.149. The second-order valence-electron chi connectivity index (χ2n) is 3.95. The van der Waals surface area contributed by atoms with Crippen LogP contribution in [0.2, 0.25) is 0 Å². The minimum atomic E-state index is -1.26. The Bertz CT molecular complexity index is 334. The maximum atomic E-state index is 13.9. The lowest BCUT2D eigenvalue weighted by Gasteiger charge is -2.18. The van der Waals surface area contributed by atoms with E-state index in [2.05, 4.69) is 0 Å². The van der Waals surface area contributed by atoms with Crippen LogP contribution in [0.1, 0.15) is 24.6 Å². The van der Waals surface area contributed by atoms with E-state index in [9.17, 15) is 8.78 Å². The molecule has 1 aromatic rings. The topological polar surface area (TPSA) is 26.0 Å². The molecule has 14 heavy (non-hydrogen) atoms. The van der Waals surface area contributed by atoms with Crippen molar-refractivity contribution in [1.29, 1.82) is 0 Å². The van der Waals surface area contributed by atoms with Gasteiger partial charge in [-0.2, -0.15) is 0 Å². The monoisotopic (exact) mass is 197 g/mol. The first-order valence-electron chi connectivity index (χ1n) is 4.78. The summed E-state index contributed by atoms with van der Waals surface area (Å²) >= 11 is 0. The number of alkyl halides is 1. The highest BCUT2D eigenvalue weighted by Crippen LogP contribution is 2.56. The minimum Gasteiger partial charge on any atom is -0.330 e. The van der Waals surface area contributed by atoms with Crippen molar-refractivity contribution in [2.75, 3.05) is 6.54 Å². The number of hydrogen-bond acceptors (Lipinski definition) is 1. The Hall–Kier alpha value is -0.960. The van der Waals surface area contributed by atoms with Gasteiger partial charge in [-0.3, -0.25) is 0 Å². The van der Waals surface area contributed by atoms with Crippen molar-refractivity contribution in [2.45, 2.75) is 19.0 Å². The summed E-state index contributed by atoms with van der Waals surface area (Å²) in [5.74, 6) is -0.472. The van der Waals surface area contributed by atoms with Gasteiger partial charge in [-0.15, -0.1) is 0 Å². The Balaban J connectivity index is 2.27. The maximum Gasteiger partial charge on any atom is 0.135 e. The van der Waals surface area contributed by atoms with E-state index in [1.165, 1.54) is 12.1 Å². The van der Waals surface area contributed by atoms with E-state index in [1.807, 2.05) is 0 Å². The van der Waals surface area contributed by atoms with Gasteiger partial charge in [0.15, 0.2) is 0 Å². The third kappa shape index (κ3) is 1.42. The molecule has 1 aromatic carbocycles. The van der Waals surface area contributed by atoms with Gasteiger partial charge >= 0.3 is 0 Å². The van der Waals surface area contributed by atoms with Crippen LogP contribution in [0.4, 0.5) is 8.78 Å². The van der Waals surface area contributed by atoms with E-state index in [-0.39, 0.29) is 5.56 Å². The number of benzene rings is 1. The fraction of sp³-hybridized carbons (Fsp3) is 0.455. The lowest BCUT2D eigenvalue weighted by molar-refractivity contribution is 0.211. The van der Waals surface area contributed by atoms with E-state index >= 15 is 0 Å². The summed E-state index contributed by atoms with van der Waals surface area (Å²) in [4.78, 5) is 0. The molecular weight excluding hydrogens is 184 g/mol. The van der Waals surface area contributed by atoms with Crippen LogP contribution in [0, 0.1) is 11.2 Å². The third-order valence-corrected chi connectivity index (χ3v) is 3.01.